The van der Waals surface area contributed by atoms with Crippen LogP contribution in [-0.4, -0.2) is 46.1 Å². The summed E-state index contributed by atoms with van der Waals surface area (Å²) in [7, 11) is 0. The smallest absolute Gasteiger partial charge is 0.333 e. The first kappa shape index (κ1) is 17.5. The van der Waals surface area contributed by atoms with Gasteiger partial charge in [-0.1, -0.05) is 18.2 Å². The molecule has 1 atom stereocenters. The molecule has 2 aliphatic rings. The molecular formula is C18H21N5O4. The maximum Gasteiger partial charge on any atom is 0.333 e. The summed E-state index contributed by atoms with van der Waals surface area (Å²) in [5.41, 5.74) is -0.574. The SMILES string of the molecule is O=C(Cn1nc2n(c(=O)c1=O)CCN2c1ccccc1)NCC1CCCO1. The topological polar surface area (TPSA) is 98.5 Å². The summed E-state index contributed by atoms with van der Waals surface area (Å²) >= 11 is 0. The van der Waals surface area contributed by atoms with E-state index in [9.17, 15) is 14.4 Å². The molecule has 1 saturated heterocycles. The second kappa shape index (κ2) is 7.36. The second-order valence-corrected chi connectivity index (χ2v) is 6.65. The van der Waals surface area contributed by atoms with Crippen LogP contribution >= 0.6 is 0 Å². The van der Waals surface area contributed by atoms with Crippen molar-refractivity contribution < 1.29 is 9.53 Å². The summed E-state index contributed by atoms with van der Waals surface area (Å²) in [4.78, 5) is 38.8. The van der Waals surface area contributed by atoms with Crippen molar-refractivity contribution in [2.75, 3.05) is 24.6 Å². The first-order valence-electron chi connectivity index (χ1n) is 9.06. The van der Waals surface area contributed by atoms with Crippen LogP contribution in [0.4, 0.5) is 11.6 Å². The normalized spacial score (nSPS) is 18.5. The van der Waals surface area contributed by atoms with Gasteiger partial charge in [0.2, 0.25) is 11.9 Å². The van der Waals surface area contributed by atoms with Crippen molar-refractivity contribution in [3.8, 4) is 0 Å². The standard InChI is InChI=1S/C18H21N5O4/c24-15(19-11-14-7-4-10-27-14)12-23-17(26)16(25)22-9-8-21(18(22)20-23)13-5-2-1-3-6-13/h1-3,5-6,14H,4,7-12H2,(H,19,24). The number of carbonyl (C=O) groups is 1. The number of nitrogens with zero attached hydrogens (tertiary/aromatic N) is 4. The minimum absolute atomic E-state index is 0.0119. The van der Waals surface area contributed by atoms with E-state index in [0.29, 0.717) is 32.2 Å². The molecule has 2 aromatic rings. The van der Waals surface area contributed by atoms with Gasteiger partial charge in [-0.15, -0.1) is 5.10 Å². The van der Waals surface area contributed by atoms with E-state index in [-0.39, 0.29) is 18.6 Å². The number of anilines is 2. The first-order chi connectivity index (χ1) is 13.1. The molecule has 4 rings (SSSR count). The van der Waals surface area contributed by atoms with Gasteiger partial charge < -0.3 is 15.0 Å². The van der Waals surface area contributed by atoms with Gasteiger partial charge in [-0.05, 0) is 25.0 Å². The molecule has 9 heteroatoms. The fourth-order valence-electron chi connectivity index (χ4n) is 3.41. The molecule has 1 N–H and O–H groups in total. The monoisotopic (exact) mass is 371 g/mol. The third-order valence-electron chi connectivity index (χ3n) is 4.81. The number of benzene rings is 1. The van der Waals surface area contributed by atoms with Crippen molar-refractivity contribution in [1.29, 1.82) is 0 Å². The fraction of sp³-hybridized carbons (Fsp3) is 0.444. The van der Waals surface area contributed by atoms with E-state index in [1.54, 1.807) is 0 Å². The van der Waals surface area contributed by atoms with Crippen molar-refractivity contribution in [3.63, 3.8) is 0 Å². The van der Waals surface area contributed by atoms with E-state index < -0.39 is 11.1 Å². The second-order valence-electron chi connectivity index (χ2n) is 6.65. The largest absolute Gasteiger partial charge is 0.376 e. The van der Waals surface area contributed by atoms with Crippen molar-refractivity contribution >= 4 is 17.5 Å². The molecule has 0 radical (unpaired) electrons. The molecule has 1 unspecified atom stereocenters. The number of rotatable bonds is 5. The number of hydrogen-bond donors (Lipinski definition) is 1. The highest BCUT2D eigenvalue weighted by Crippen LogP contribution is 2.25. The molecule has 142 valence electrons. The Morgan fingerprint density at radius 1 is 1.19 bits per heavy atom. The average Bonchev–Trinajstić information content (AvgIpc) is 3.35. The summed E-state index contributed by atoms with van der Waals surface area (Å²) in [6.45, 7) is 1.74. The molecule has 3 heterocycles. The van der Waals surface area contributed by atoms with Crippen LogP contribution in [0.3, 0.4) is 0 Å². The predicted octanol–water partition coefficient (Wildman–Crippen LogP) is -0.148. The lowest BCUT2D eigenvalue weighted by Gasteiger charge is -2.17. The zero-order valence-electron chi connectivity index (χ0n) is 14.8. The molecule has 0 aliphatic carbocycles. The third kappa shape index (κ3) is 3.50. The summed E-state index contributed by atoms with van der Waals surface area (Å²) in [6, 6.07) is 9.51. The maximum atomic E-state index is 12.4. The van der Waals surface area contributed by atoms with Crippen molar-refractivity contribution in [2.45, 2.75) is 32.0 Å². The number of ether oxygens (including phenoxy) is 1. The fourth-order valence-corrected chi connectivity index (χ4v) is 3.41. The molecule has 0 saturated carbocycles. The van der Waals surface area contributed by atoms with Crippen LogP contribution in [0.25, 0.3) is 0 Å². The lowest BCUT2D eigenvalue weighted by atomic mass is 10.2. The number of amides is 1. The molecule has 1 amide bonds. The molecular weight excluding hydrogens is 350 g/mol. The highest BCUT2D eigenvalue weighted by atomic mass is 16.5. The minimum atomic E-state index is -0.791. The highest BCUT2D eigenvalue weighted by molar-refractivity contribution is 5.75. The van der Waals surface area contributed by atoms with E-state index in [4.69, 9.17) is 4.74 Å². The number of para-hydroxylation sites is 1. The molecule has 0 spiro atoms. The van der Waals surface area contributed by atoms with Crippen LogP contribution in [0.15, 0.2) is 39.9 Å². The Morgan fingerprint density at radius 3 is 2.74 bits per heavy atom. The Kier molecular flexibility index (Phi) is 4.76. The lowest BCUT2D eigenvalue weighted by molar-refractivity contribution is -0.122. The maximum absolute atomic E-state index is 12.4. The predicted molar refractivity (Wildman–Crippen MR) is 98.2 cm³/mol. The van der Waals surface area contributed by atoms with Crippen LogP contribution in [0.5, 0.6) is 0 Å². The molecule has 2 aliphatic heterocycles. The Bertz CT molecular complexity index is 946. The highest BCUT2D eigenvalue weighted by Gasteiger charge is 2.26. The molecule has 0 bridgehead atoms. The summed E-state index contributed by atoms with van der Waals surface area (Å²) in [5, 5.41) is 7.04. The van der Waals surface area contributed by atoms with Gasteiger partial charge in [0.25, 0.3) is 0 Å². The van der Waals surface area contributed by atoms with Crippen LogP contribution in [0.2, 0.25) is 0 Å². The summed E-state index contributed by atoms with van der Waals surface area (Å²) < 4.78 is 7.76. The Morgan fingerprint density at radius 2 is 2.00 bits per heavy atom. The van der Waals surface area contributed by atoms with Gasteiger partial charge in [0, 0.05) is 31.9 Å². The zero-order chi connectivity index (χ0) is 18.8. The number of hydrogen-bond acceptors (Lipinski definition) is 6. The molecule has 1 aromatic carbocycles. The number of nitrogens with one attached hydrogen (secondary N) is 1. The van der Waals surface area contributed by atoms with Gasteiger partial charge in [-0.2, -0.15) is 0 Å². The molecule has 1 aromatic heterocycles. The molecule has 27 heavy (non-hydrogen) atoms. The molecule has 9 nitrogen and oxygen atoms in total. The van der Waals surface area contributed by atoms with Gasteiger partial charge in [0.05, 0.1) is 6.10 Å². The van der Waals surface area contributed by atoms with Crippen molar-refractivity contribution in [2.24, 2.45) is 0 Å². The lowest BCUT2D eigenvalue weighted by Crippen LogP contribution is -2.45. The van der Waals surface area contributed by atoms with Crippen LogP contribution in [0, 0.1) is 0 Å². The van der Waals surface area contributed by atoms with Crippen LogP contribution < -0.4 is 21.3 Å². The quantitative estimate of drug-likeness (QED) is 0.734. The van der Waals surface area contributed by atoms with Gasteiger partial charge >= 0.3 is 11.1 Å². The van der Waals surface area contributed by atoms with E-state index in [1.165, 1.54) is 4.57 Å². The number of carbonyl (C=O) groups excluding carboxylic acids is 1. The van der Waals surface area contributed by atoms with E-state index in [2.05, 4.69) is 10.4 Å². The summed E-state index contributed by atoms with van der Waals surface area (Å²) in [5.74, 6) is 0.00596. The molecule has 1 fully saturated rings. The van der Waals surface area contributed by atoms with Gasteiger partial charge in [-0.3, -0.25) is 19.0 Å². The Balaban J connectivity index is 1.55. The van der Waals surface area contributed by atoms with E-state index >= 15 is 0 Å². The average molecular weight is 371 g/mol. The Labute approximate surface area is 155 Å². The van der Waals surface area contributed by atoms with Crippen molar-refractivity contribution in [1.82, 2.24) is 19.7 Å². The summed E-state index contributed by atoms with van der Waals surface area (Å²) in [6.07, 6.45) is 1.90. The third-order valence-corrected chi connectivity index (χ3v) is 4.81. The number of fused-ring (bicyclic) bond motifs is 1. The minimum Gasteiger partial charge on any atom is -0.376 e. The van der Waals surface area contributed by atoms with Crippen molar-refractivity contribution in [3.05, 3.63) is 51.0 Å². The van der Waals surface area contributed by atoms with E-state index in [1.807, 2.05) is 35.2 Å². The van der Waals surface area contributed by atoms with E-state index in [0.717, 1.165) is 23.2 Å². The van der Waals surface area contributed by atoms with Gasteiger partial charge in [0.15, 0.2) is 0 Å². The van der Waals surface area contributed by atoms with Crippen LogP contribution in [-0.2, 0) is 22.6 Å². The number of aromatic nitrogens is 3. The van der Waals surface area contributed by atoms with Crippen LogP contribution in [0.1, 0.15) is 12.8 Å². The first-order valence-corrected chi connectivity index (χ1v) is 9.06. The Hall–Kier alpha value is -2.94. The van der Waals surface area contributed by atoms with Gasteiger partial charge in [0.1, 0.15) is 6.54 Å². The zero-order valence-corrected chi connectivity index (χ0v) is 14.8. The van der Waals surface area contributed by atoms with Gasteiger partial charge in [-0.25, -0.2) is 4.68 Å².